The quantitative estimate of drug-likeness (QED) is 0.523. The van der Waals surface area contributed by atoms with Gasteiger partial charge in [0.15, 0.2) is 0 Å². The van der Waals surface area contributed by atoms with Crippen LogP contribution >= 0.6 is 7.82 Å². The first-order chi connectivity index (χ1) is 8.86. The van der Waals surface area contributed by atoms with Crippen molar-refractivity contribution in [3.63, 3.8) is 0 Å². The van der Waals surface area contributed by atoms with Crippen molar-refractivity contribution in [2.75, 3.05) is 0 Å². The van der Waals surface area contributed by atoms with Crippen LogP contribution in [0.2, 0.25) is 0 Å². The first kappa shape index (κ1) is 15.1. The maximum absolute atomic E-state index is 8.88. The Morgan fingerprint density at radius 1 is 1.21 bits per heavy atom. The second kappa shape index (κ2) is 6.86. The molecule has 0 spiro atoms. The third-order valence-corrected chi connectivity index (χ3v) is 1.77. The molecule has 0 bridgehead atoms. The lowest BCUT2D eigenvalue weighted by molar-refractivity contribution is 0.275. The molecule has 19 heavy (non-hydrogen) atoms. The molecule has 0 aromatic carbocycles. The average Bonchev–Trinajstić information content (AvgIpc) is 2.81. The zero-order valence-electron chi connectivity index (χ0n) is 9.90. The minimum absolute atomic E-state index is 0.896. The highest BCUT2D eigenvalue weighted by Gasteiger charge is 2.00. The van der Waals surface area contributed by atoms with Crippen molar-refractivity contribution >= 4 is 13.5 Å². The summed E-state index contributed by atoms with van der Waals surface area (Å²) in [5, 5.41) is 11.6. The highest BCUT2D eigenvalue weighted by Crippen LogP contribution is 2.25. The van der Waals surface area contributed by atoms with Crippen LogP contribution in [0.4, 0.5) is 0 Å². The lowest BCUT2D eigenvalue weighted by Gasteiger charge is -1.98. The standard InChI is InChI=1S/C9H9N5.H3O4P/c1-8(9-2-4-10-5-3-9)13-14-6-11-12-7-14;1-5(2,3)4/h2-7H,1H3;(H3,1,2,3,4)/b13-8+;. The summed E-state index contributed by atoms with van der Waals surface area (Å²) >= 11 is 0. The van der Waals surface area contributed by atoms with Gasteiger partial charge in [0.25, 0.3) is 0 Å². The minimum atomic E-state index is -4.64. The molecule has 10 heteroatoms. The molecular weight excluding hydrogens is 273 g/mol. The van der Waals surface area contributed by atoms with E-state index in [1.165, 1.54) is 0 Å². The van der Waals surface area contributed by atoms with Gasteiger partial charge >= 0.3 is 7.82 Å². The topological polar surface area (TPSA) is 134 Å². The fraction of sp³-hybridized carbons (Fsp3) is 0.111. The molecule has 0 amide bonds. The summed E-state index contributed by atoms with van der Waals surface area (Å²) in [6.45, 7) is 1.93. The second-order valence-corrected chi connectivity index (χ2v) is 4.30. The van der Waals surface area contributed by atoms with E-state index < -0.39 is 7.82 Å². The molecule has 0 aliphatic heterocycles. The van der Waals surface area contributed by atoms with E-state index in [0.29, 0.717) is 0 Å². The van der Waals surface area contributed by atoms with Crippen molar-refractivity contribution in [3.8, 4) is 0 Å². The van der Waals surface area contributed by atoms with Crippen molar-refractivity contribution in [2.24, 2.45) is 5.10 Å². The monoisotopic (exact) mass is 285 g/mol. The van der Waals surface area contributed by atoms with Gasteiger partial charge in [-0.05, 0) is 19.1 Å². The molecule has 0 atom stereocenters. The number of hydrogen-bond acceptors (Lipinski definition) is 5. The Bertz CT molecular complexity index is 557. The Morgan fingerprint density at radius 2 is 1.68 bits per heavy atom. The SMILES string of the molecule is C/C(=N\n1cnnc1)c1ccncc1.O=P(O)(O)O. The minimum Gasteiger partial charge on any atom is -0.303 e. The zero-order valence-corrected chi connectivity index (χ0v) is 10.8. The first-order valence-electron chi connectivity index (χ1n) is 4.95. The molecule has 3 N–H and O–H groups in total. The summed E-state index contributed by atoms with van der Waals surface area (Å²) in [6, 6.07) is 3.81. The van der Waals surface area contributed by atoms with Crippen LogP contribution in [0.5, 0.6) is 0 Å². The summed E-state index contributed by atoms with van der Waals surface area (Å²) in [4.78, 5) is 25.5. The highest BCUT2D eigenvalue weighted by molar-refractivity contribution is 7.45. The number of aromatic nitrogens is 4. The van der Waals surface area contributed by atoms with E-state index in [2.05, 4.69) is 20.3 Å². The molecule has 102 valence electrons. The number of phosphoric acid groups is 1. The predicted molar refractivity (Wildman–Crippen MR) is 66.1 cm³/mol. The van der Waals surface area contributed by atoms with Gasteiger partial charge in [-0.15, -0.1) is 10.2 Å². The lowest BCUT2D eigenvalue weighted by atomic mass is 10.2. The van der Waals surface area contributed by atoms with E-state index >= 15 is 0 Å². The van der Waals surface area contributed by atoms with Gasteiger partial charge in [0.2, 0.25) is 0 Å². The molecule has 0 unspecified atom stereocenters. The van der Waals surface area contributed by atoms with Crippen LogP contribution in [0.25, 0.3) is 0 Å². The van der Waals surface area contributed by atoms with Crippen LogP contribution in [-0.2, 0) is 4.57 Å². The largest absolute Gasteiger partial charge is 0.466 e. The third kappa shape index (κ3) is 7.17. The number of rotatable bonds is 2. The van der Waals surface area contributed by atoms with E-state index in [4.69, 9.17) is 19.2 Å². The second-order valence-electron chi connectivity index (χ2n) is 3.28. The van der Waals surface area contributed by atoms with Crippen LogP contribution in [-0.4, -0.2) is 40.2 Å². The molecule has 0 fully saturated rings. The normalized spacial score (nSPS) is 11.7. The van der Waals surface area contributed by atoms with E-state index in [1.54, 1.807) is 29.7 Å². The fourth-order valence-corrected chi connectivity index (χ4v) is 1.07. The molecule has 0 saturated heterocycles. The smallest absolute Gasteiger partial charge is 0.303 e. The van der Waals surface area contributed by atoms with Gasteiger partial charge < -0.3 is 14.7 Å². The van der Waals surface area contributed by atoms with E-state index in [-0.39, 0.29) is 0 Å². The van der Waals surface area contributed by atoms with Gasteiger partial charge in [-0.1, -0.05) is 0 Å². The van der Waals surface area contributed by atoms with Crippen molar-refractivity contribution in [2.45, 2.75) is 6.92 Å². The Morgan fingerprint density at radius 3 is 2.16 bits per heavy atom. The van der Waals surface area contributed by atoms with Gasteiger partial charge in [0.1, 0.15) is 12.7 Å². The molecule has 0 saturated carbocycles. The predicted octanol–water partition coefficient (Wildman–Crippen LogP) is 0.0168. The summed E-state index contributed by atoms with van der Waals surface area (Å²) < 4.78 is 10.4. The molecular formula is C9H12N5O4P. The first-order valence-corrected chi connectivity index (χ1v) is 6.51. The maximum atomic E-state index is 8.88. The van der Waals surface area contributed by atoms with Crippen molar-refractivity contribution in [1.29, 1.82) is 0 Å². The fourth-order valence-electron chi connectivity index (χ4n) is 1.07. The number of pyridine rings is 1. The van der Waals surface area contributed by atoms with Crippen molar-refractivity contribution < 1.29 is 19.2 Å². The van der Waals surface area contributed by atoms with Gasteiger partial charge in [0.05, 0.1) is 5.71 Å². The molecule has 2 aromatic rings. The molecule has 0 radical (unpaired) electrons. The Hall–Kier alpha value is -1.93. The van der Waals surface area contributed by atoms with E-state index in [0.717, 1.165) is 11.3 Å². The van der Waals surface area contributed by atoms with Crippen molar-refractivity contribution in [3.05, 3.63) is 42.7 Å². The average molecular weight is 285 g/mol. The summed E-state index contributed by atoms with van der Waals surface area (Å²) in [5.41, 5.74) is 1.93. The van der Waals surface area contributed by atoms with Crippen molar-refractivity contribution in [1.82, 2.24) is 19.9 Å². The lowest BCUT2D eigenvalue weighted by Crippen LogP contribution is -1.98. The zero-order chi connectivity index (χ0) is 14.3. The molecule has 0 aliphatic rings. The summed E-state index contributed by atoms with van der Waals surface area (Å²) in [6.07, 6.45) is 6.57. The Kier molecular flexibility index (Phi) is 5.46. The molecule has 2 rings (SSSR count). The van der Waals surface area contributed by atoms with Crippen LogP contribution < -0.4 is 0 Å². The third-order valence-electron chi connectivity index (χ3n) is 1.77. The highest BCUT2D eigenvalue weighted by atomic mass is 31.2. The Labute approximate surface area is 108 Å². The van der Waals surface area contributed by atoms with Crippen LogP contribution in [0.3, 0.4) is 0 Å². The molecule has 2 heterocycles. The van der Waals surface area contributed by atoms with Crippen LogP contribution in [0, 0.1) is 0 Å². The van der Waals surface area contributed by atoms with E-state index in [1.807, 2.05) is 19.1 Å². The van der Waals surface area contributed by atoms with Crippen LogP contribution in [0.15, 0.2) is 42.3 Å². The number of nitrogens with zero attached hydrogens (tertiary/aromatic N) is 5. The number of hydrogen-bond donors (Lipinski definition) is 3. The van der Waals surface area contributed by atoms with Gasteiger partial charge in [0, 0.05) is 18.0 Å². The Balaban J connectivity index is 0.000000312. The maximum Gasteiger partial charge on any atom is 0.466 e. The molecule has 9 nitrogen and oxygen atoms in total. The van der Waals surface area contributed by atoms with Gasteiger partial charge in [-0.2, -0.15) is 5.10 Å². The van der Waals surface area contributed by atoms with E-state index in [9.17, 15) is 0 Å². The van der Waals surface area contributed by atoms with Gasteiger partial charge in [-0.3, -0.25) is 4.98 Å². The molecule has 2 aromatic heterocycles. The van der Waals surface area contributed by atoms with Gasteiger partial charge in [-0.25, -0.2) is 9.24 Å². The van der Waals surface area contributed by atoms with Crippen LogP contribution in [0.1, 0.15) is 12.5 Å². The summed E-state index contributed by atoms with van der Waals surface area (Å²) in [5.74, 6) is 0. The molecule has 0 aliphatic carbocycles. The summed E-state index contributed by atoms with van der Waals surface area (Å²) in [7, 11) is -4.64.